The number of nitriles is 1. The molecule has 1 N–H and O–H groups in total. The molecule has 9 nitrogen and oxygen atoms in total. The maximum atomic E-state index is 14.1. The van der Waals surface area contributed by atoms with E-state index in [0.717, 1.165) is 6.92 Å². The smallest absolute Gasteiger partial charge is 0.442 e. The van der Waals surface area contributed by atoms with Crippen LogP contribution in [0.4, 0.5) is 38.3 Å². The predicted molar refractivity (Wildman–Crippen MR) is 145 cm³/mol. The number of benzene rings is 1. The fourth-order valence-electron chi connectivity index (χ4n) is 4.28. The topological polar surface area (TPSA) is 125 Å². The summed E-state index contributed by atoms with van der Waals surface area (Å²) < 4.78 is 91.6. The van der Waals surface area contributed by atoms with Crippen LogP contribution in [0.15, 0.2) is 33.5 Å². The highest BCUT2D eigenvalue weighted by atomic mass is 32.2. The van der Waals surface area contributed by atoms with Crippen LogP contribution in [0.1, 0.15) is 67.2 Å². The molecule has 2 aromatic rings. The third-order valence-corrected chi connectivity index (χ3v) is 7.85. The number of rotatable bonds is 4. The predicted octanol–water partition coefficient (Wildman–Crippen LogP) is 6.55. The number of hydrogen-bond acceptors (Lipinski definition) is 7. The molecule has 1 saturated heterocycles. The zero-order valence-corrected chi connectivity index (χ0v) is 24.4. The molecule has 0 spiro atoms. The van der Waals surface area contributed by atoms with E-state index in [9.17, 15) is 41.0 Å². The van der Waals surface area contributed by atoms with Crippen LogP contribution in [-0.4, -0.2) is 52.1 Å². The summed E-state index contributed by atoms with van der Waals surface area (Å²) in [6.07, 6.45) is -6.14. The Balaban J connectivity index is 2.08. The third kappa shape index (κ3) is 7.93. The Morgan fingerprint density at radius 2 is 1.86 bits per heavy atom. The minimum Gasteiger partial charge on any atom is -0.442 e. The Kier molecular flexibility index (Phi) is 9.21. The first-order valence-electron chi connectivity index (χ1n) is 12.8. The minimum atomic E-state index is -5.05. The van der Waals surface area contributed by atoms with Crippen molar-refractivity contribution in [2.75, 3.05) is 29.6 Å². The van der Waals surface area contributed by atoms with Gasteiger partial charge in [-0.3, -0.25) is 4.79 Å². The molecule has 2 heterocycles. The van der Waals surface area contributed by atoms with Crippen molar-refractivity contribution in [2.45, 2.75) is 69.6 Å². The molecule has 1 aromatic carbocycles. The number of alkyl halides is 5. The van der Waals surface area contributed by atoms with Crippen LogP contribution in [0, 0.1) is 18.3 Å². The summed E-state index contributed by atoms with van der Waals surface area (Å²) >= 11 is 0. The maximum absolute atomic E-state index is 14.1. The number of carbonyl (C=O) groups excluding carboxylic acids is 2. The molecule has 0 aliphatic carbocycles. The molecule has 15 heteroatoms. The number of halogens is 5. The number of nitrogens with zero attached hydrogens (tertiary/aromatic N) is 4. The lowest BCUT2D eigenvalue weighted by molar-refractivity contribution is -0.141. The van der Waals surface area contributed by atoms with E-state index in [1.807, 2.05) is 0 Å². The standard InChI is InChI=1S/C27H30F5N5O4S/c1-16-19(15-33)21(27(30,31)32)35-22(37-12-7-10-26(28,29)11-13-37)20(16)23(38)34-17-8-6-9-18(14-17)42(5,40)36-24(39)41-25(2,3)4/h6,8-9,14H,7,10-13H2,1-5H3,(H,34,38)/t42-/m1/s1. The van der Waals surface area contributed by atoms with Gasteiger partial charge < -0.3 is 15.0 Å². The van der Waals surface area contributed by atoms with Crippen molar-refractivity contribution in [3.8, 4) is 6.07 Å². The number of pyridine rings is 1. The molecule has 228 valence electrons. The van der Waals surface area contributed by atoms with Crippen LogP contribution in [0.5, 0.6) is 0 Å². The molecule has 0 bridgehead atoms. The van der Waals surface area contributed by atoms with E-state index in [1.165, 1.54) is 41.5 Å². The van der Waals surface area contributed by atoms with Crippen molar-refractivity contribution in [3.05, 3.63) is 46.6 Å². The first-order valence-corrected chi connectivity index (χ1v) is 14.7. The van der Waals surface area contributed by atoms with E-state index in [1.54, 1.807) is 20.8 Å². The van der Waals surface area contributed by atoms with Gasteiger partial charge in [0.05, 0.1) is 20.9 Å². The van der Waals surface area contributed by atoms with Crippen molar-refractivity contribution in [1.29, 1.82) is 5.26 Å². The lowest BCUT2D eigenvalue weighted by atomic mass is 10.00. The van der Waals surface area contributed by atoms with Gasteiger partial charge >= 0.3 is 12.3 Å². The molecule has 0 saturated carbocycles. The number of ether oxygens (including phenoxy) is 1. The molecule has 3 rings (SSSR count). The lowest BCUT2D eigenvalue weighted by Gasteiger charge is -2.27. The van der Waals surface area contributed by atoms with E-state index >= 15 is 0 Å². The molecule has 1 aromatic heterocycles. The zero-order chi connectivity index (χ0) is 31.7. The van der Waals surface area contributed by atoms with Crippen LogP contribution >= 0.6 is 0 Å². The number of nitrogens with one attached hydrogen (secondary N) is 1. The average Bonchev–Trinajstić information content (AvgIpc) is 3.01. The highest BCUT2D eigenvalue weighted by Gasteiger charge is 2.40. The van der Waals surface area contributed by atoms with Gasteiger partial charge in [-0.15, -0.1) is 4.36 Å². The Morgan fingerprint density at radius 3 is 2.45 bits per heavy atom. The molecule has 2 amide bonds. The number of amides is 2. The van der Waals surface area contributed by atoms with Crippen LogP contribution in [0.3, 0.4) is 0 Å². The van der Waals surface area contributed by atoms with Crippen molar-refractivity contribution in [3.63, 3.8) is 0 Å². The van der Waals surface area contributed by atoms with Gasteiger partial charge in [0.1, 0.15) is 17.5 Å². The van der Waals surface area contributed by atoms with Gasteiger partial charge in [-0.25, -0.2) is 22.8 Å². The monoisotopic (exact) mass is 615 g/mol. The third-order valence-electron chi connectivity index (χ3n) is 6.22. The Labute approximate surface area is 240 Å². The minimum absolute atomic E-state index is 0.0395. The number of carbonyl (C=O) groups is 2. The second kappa shape index (κ2) is 11.8. The molecule has 1 atom stereocenters. The molecule has 0 radical (unpaired) electrons. The molecule has 42 heavy (non-hydrogen) atoms. The van der Waals surface area contributed by atoms with Gasteiger partial charge in [0.15, 0.2) is 5.69 Å². The Hall–Kier alpha value is -3.80. The summed E-state index contributed by atoms with van der Waals surface area (Å²) in [5.74, 6) is -4.49. The lowest BCUT2D eigenvalue weighted by Crippen LogP contribution is -2.31. The van der Waals surface area contributed by atoms with Gasteiger partial charge in [-0.05, 0) is 57.9 Å². The summed E-state index contributed by atoms with van der Waals surface area (Å²) in [7, 11) is -3.35. The van der Waals surface area contributed by atoms with Crippen LogP contribution < -0.4 is 10.2 Å². The van der Waals surface area contributed by atoms with Crippen molar-refractivity contribution in [2.24, 2.45) is 4.36 Å². The second-order valence-corrected chi connectivity index (χ2v) is 13.1. The summed E-state index contributed by atoms with van der Waals surface area (Å²) in [5, 5.41) is 12.0. The first-order chi connectivity index (χ1) is 19.2. The number of aromatic nitrogens is 1. The summed E-state index contributed by atoms with van der Waals surface area (Å²) in [4.78, 5) is 30.6. The van der Waals surface area contributed by atoms with Crippen LogP contribution in [0.25, 0.3) is 0 Å². The van der Waals surface area contributed by atoms with Gasteiger partial charge in [0, 0.05) is 42.8 Å². The molecule has 0 unspecified atom stereocenters. The van der Waals surface area contributed by atoms with Crippen molar-refractivity contribution >= 4 is 33.2 Å². The molecule has 1 aliphatic rings. The van der Waals surface area contributed by atoms with Crippen LogP contribution in [-0.2, 0) is 20.6 Å². The number of anilines is 2. The van der Waals surface area contributed by atoms with Gasteiger partial charge in [0.25, 0.3) is 5.91 Å². The van der Waals surface area contributed by atoms with Crippen LogP contribution in [0.2, 0.25) is 0 Å². The highest BCUT2D eigenvalue weighted by molar-refractivity contribution is 7.93. The van der Waals surface area contributed by atoms with Gasteiger partial charge in [-0.1, -0.05) is 6.07 Å². The van der Waals surface area contributed by atoms with E-state index in [-0.39, 0.29) is 35.7 Å². The van der Waals surface area contributed by atoms with E-state index in [0.29, 0.717) is 0 Å². The van der Waals surface area contributed by atoms with E-state index in [2.05, 4.69) is 14.7 Å². The first kappa shape index (κ1) is 32.7. The Morgan fingerprint density at radius 1 is 1.19 bits per heavy atom. The number of hydrogen-bond donors (Lipinski definition) is 1. The Bertz CT molecular complexity index is 1550. The summed E-state index contributed by atoms with van der Waals surface area (Å²) in [6, 6.07) is 6.92. The molecular formula is C27H30F5N5O4S. The summed E-state index contributed by atoms with van der Waals surface area (Å²) in [6.45, 7) is 5.50. The summed E-state index contributed by atoms with van der Waals surface area (Å²) in [5.41, 5.74) is -3.98. The second-order valence-electron chi connectivity index (χ2n) is 10.8. The quantitative estimate of drug-likeness (QED) is 0.387. The average molecular weight is 616 g/mol. The SMILES string of the molecule is Cc1c(C#N)c(C(F)(F)F)nc(N2CCCC(F)(F)CC2)c1C(=O)Nc1cccc([S@@](C)(=O)=NC(=O)OC(C)(C)C)c1. The largest absolute Gasteiger partial charge is 0.442 e. The van der Waals surface area contributed by atoms with Gasteiger partial charge in [0.2, 0.25) is 5.92 Å². The molecular weight excluding hydrogens is 585 g/mol. The fourth-order valence-corrected chi connectivity index (χ4v) is 5.39. The molecule has 1 aliphatic heterocycles. The normalized spacial score (nSPS) is 16.9. The van der Waals surface area contributed by atoms with Gasteiger partial charge in [-0.2, -0.15) is 18.4 Å². The maximum Gasteiger partial charge on any atom is 0.442 e. The van der Waals surface area contributed by atoms with Crippen molar-refractivity contribution in [1.82, 2.24) is 4.98 Å². The fraction of sp³-hybridized carbons (Fsp3) is 0.481. The van der Waals surface area contributed by atoms with E-state index in [4.69, 9.17) is 4.74 Å². The van der Waals surface area contributed by atoms with Crippen molar-refractivity contribution < 1.29 is 40.5 Å². The highest BCUT2D eigenvalue weighted by Crippen LogP contribution is 2.38. The zero-order valence-electron chi connectivity index (χ0n) is 23.6. The molecule has 1 fully saturated rings. The van der Waals surface area contributed by atoms with E-state index < -0.39 is 74.9 Å².